The van der Waals surface area contributed by atoms with E-state index in [9.17, 15) is 19.5 Å². The molecule has 0 atom stereocenters. The van der Waals surface area contributed by atoms with E-state index in [0.717, 1.165) is 6.08 Å². The Kier molecular flexibility index (Phi) is 7.10. The second-order valence-corrected chi connectivity index (χ2v) is 5.55. The lowest BCUT2D eigenvalue weighted by atomic mass is 10.0. The zero-order chi connectivity index (χ0) is 20.5. The normalized spacial score (nSPS) is 11.5. The number of carboxylic acid groups (broad SMARTS) is 1. The number of carbonyl (C=O) groups is 3. The zero-order valence-corrected chi connectivity index (χ0v) is 15.3. The van der Waals surface area contributed by atoms with E-state index < -0.39 is 17.9 Å². The molecular formula is C21H19NO6. The number of methoxy groups -OCH3 is 2. The van der Waals surface area contributed by atoms with E-state index in [-0.39, 0.29) is 11.3 Å². The molecule has 0 amide bonds. The van der Waals surface area contributed by atoms with Crippen molar-refractivity contribution in [1.82, 2.24) is 0 Å². The second-order valence-electron chi connectivity index (χ2n) is 5.55. The van der Waals surface area contributed by atoms with Crippen LogP contribution in [-0.2, 0) is 23.9 Å². The highest BCUT2D eigenvalue weighted by Gasteiger charge is 2.13. The van der Waals surface area contributed by atoms with E-state index in [1.807, 2.05) is 6.07 Å². The lowest BCUT2D eigenvalue weighted by Crippen LogP contribution is -2.15. The molecule has 0 aromatic heterocycles. The third kappa shape index (κ3) is 5.57. The van der Waals surface area contributed by atoms with Crippen LogP contribution in [0.5, 0.6) is 0 Å². The van der Waals surface area contributed by atoms with Gasteiger partial charge >= 0.3 is 17.9 Å². The van der Waals surface area contributed by atoms with E-state index in [0.29, 0.717) is 16.8 Å². The number of rotatable bonds is 7. The minimum atomic E-state index is -1.04. The number of benzene rings is 2. The van der Waals surface area contributed by atoms with Crippen molar-refractivity contribution >= 4 is 35.2 Å². The Hall–Kier alpha value is -3.87. The maximum atomic E-state index is 11.8. The van der Waals surface area contributed by atoms with Gasteiger partial charge in [-0.3, -0.25) is 0 Å². The molecule has 0 aliphatic carbocycles. The first-order chi connectivity index (χ1) is 13.4. The third-order valence-corrected chi connectivity index (χ3v) is 3.68. The molecule has 2 aromatic carbocycles. The molecular weight excluding hydrogens is 362 g/mol. The maximum Gasteiger partial charge on any atom is 0.354 e. The van der Waals surface area contributed by atoms with Crippen LogP contribution >= 0.6 is 0 Å². The number of aliphatic carboxylic acids is 1. The highest BCUT2D eigenvalue weighted by atomic mass is 16.5. The number of hydrogen-bond donors (Lipinski definition) is 2. The first kappa shape index (κ1) is 20.4. The summed E-state index contributed by atoms with van der Waals surface area (Å²) in [5, 5.41) is 12.3. The van der Waals surface area contributed by atoms with E-state index in [2.05, 4.69) is 14.8 Å². The minimum absolute atomic E-state index is 0.0897. The fraction of sp³-hybridized carbons (Fsp3) is 0.0952. The lowest BCUT2D eigenvalue weighted by molar-refractivity contribution is -0.138. The van der Waals surface area contributed by atoms with Crippen molar-refractivity contribution < 1.29 is 29.0 Å². The summed E-state index contributed by atoms with van der Waals surface area (Å²) in [6, 6.07) is 15.4. The Balaban J connectivity index is 2.26. The Morgan fingerprint density at radius 2 is 1.57 bits per heavy atom. The number of hydrogen-bond acceptors (Lipinski definition) is 6. The smallest absolute Gasteiger partial charge is 0.354 e. The van der Waals surface area contributed by atoms with E-state index in [1.54, 1.807) is 54.6 Å². The monoisotopic (exact) mass is 381 g/mol. The van der Waals surface area contributed by atoms with E-state index in [4.69, 9.17) is 0 Å². The van der Waals surface area contributed by atoms with Crippen LogP contribution in [0, 0.1) is 0 Å². The second kappa shape index (κ2) is 9.72. The van der Waals surface area contributed by atoms with Crippen molar-refractivity contribution in [2.75, 3.05) is 19.5 Å². The quantitative estimate of drug-likeness (QED) is 0.432. The van der Waals surface area contributed by atoms with Crippen molar-refractivity contribution in [3.8, 4) is 0 Å². The molecule has 7 heteroatoms. The van der Waals surface area contributed by atoms with Gasteiger partial charge in [-0.2, -0.15) is 0 Å². The van der Waals surface area contributed by atoms with Crippen LogP contribution in [0.1, 0.15) is 11.1 Å². The molecule has 7 nitrogen and oxygen atoms in total. The molecule has 144 valence electrons. The van der Waals surface area contributed by atoms with Crippen LogP contribution in [0.15, 0.2) is 66.4 Å². The summed E-state index contributed by atoms with van der Waals surface area (Å²) in [4.78, 5) is 34.7. The van der Waals surface area contributed by atoms with Crippen LogP contribution < -0.4 is 5.32 Å². The van der Waals surface area contributed by atoms with E-state index >= 15 is 0 Å². The molecule has 0 radical (unpaired) electrons. The largest absolute Gasteiger partial charge is 0.478 e. The van der Waals surface area contributed by atoms with Gasteiger partial charge in [0.1, 0.15) is 5.70 Å². The van der Waals surface area contributed by atoms with Gasteiger partial charge in [-0.05, 0) is 29.3 Å². The summed E-state index contributed by atoms with van der Waals surface area (Å²) in [7, 11) is 2.39. The molecule has 28 heavy (non-hydrogen) atoms. The van der Waals surface area contributed by atoms with Crippen LogP contribution in [0.25, 0.3) is 11.6 Å². The number of nitrogens with one attached hydrogen (secondary N) is 1. The summed E-state index contributed by atoms with van der Waals surface area (Å²) in [6.07, 6.45) is 2.53. The van der Waals surface area contributed by atoms with Gasteiger partial charge in [-0.1, -0.05) is 42.5 Å². The minimum Gasteiger partial charge on any atom is -0.478 e. The SMILES string of the molecule is COC(=O)/C=C(/Nc1ccc(C=C(C(=O)O)c2ccccc2)cc1)C(=O)OC. The van der Waals surface area contributed by atoms with Crippen LogP contribution in [0.2, 0.25) is 0 Å². The van der Waals surface area contributed by atoms with Gasteiger partial charge in [-0.25, -0.2) is 14.4 Å². The number of carboxylic acids is 1. The Morgan fingerprint density at radius 1 is 0.929 bits per heavy atom. The van der Waals surface area contributed by atoms with Crippen LogP contribution in [0.4, 0.5) is 5.69 Å². The Labute approximate surface area is 161 Å². The molecule has 0 spiro atoms. The number of ether oxygens (including phenoxy) is 2. The van der Waals surface area contributed by atoms with Crippen molar-refractivity contribution in [1.29, 1.82) is 0 Å². The highest BCUT2D eigenvalue weighted by Crippen LogP contribution is 2.20. The van der Waals surface area contributed by atoms with Crippen LogP contribution in [0.3, 0.4) is 0 Å². The summed E-state index contributed by atoms with van der Waals surface area (Å²) in [5.41, 5.74) is 1.82. The molecule has 0 aliphatic heterocycles. The molecule has 0 heterocycles. The fourth-order valence-electron chi connectivity index (χ4n) is 2.30. The topological polar surface area (TPSA) is 102 Å². The first-order valence-electron chi connectivity index (χ1n) is 8.20. The summed E-state index contributed by atoms with van der Waals surface area (Å²) in [6.45, 7) is 0. The van der Waals surface area contributed by atoms with Gasteiger partial charge in [0.25, 0.3) is 0 Å². The van der Waals surface area contributed by atoms with Crippen molar-refractivity contribution in [2.24, 2.45) is 0 Å². The molecule has 0 aliphatic rings. The van der Waals surface area contributed by atoms with Crippen molar-refractivity contribution in [3.05, 3.63) is 77.5 Å². The molecule has 2 N–H and O–H groups in total. The summed E-state index contributed by atoms with van der Waals surface area (Å²) < 4.78 is 9.14. The van der Waals surface area contributed by atoms with Gasteiger partial charge in [-0.15, -0.1) is 0 Å². The molecule has 0 saturated carbocycles. The number of carbonyl (C=O) groups excluding carboxylic acids is 2. The Morgan fingerprint density at radius 3 is 2.11 bits per heavy atom. The van der Waals surface area contributed by atoms with E-state index in [1.165, 1.54) is 14.2 Å². The lowest BCUT2D eigenvalue weighted by Gasteiger charge is -2.09. The summed E-state index contributed by atoms with van der Waals surface area (Å²) in [5.74, 6) is -2.48. The van der Waals surface area contributed by atoms with Gasteiger partial charge in [0, 0.05) is 5.69 Å². The summed E-state index contributed by atoms with van der Waals surface area (Å²) >= 11 is 0. The highest BCUT2D eigenvalue weighted by molar-refractivity contribution is 6.20. The van der Waals surface area contributed by atoms with Gasteiger partial charge in [0.15, 0.2) is 0 Å². The molecule has 0 unspecified atom stereocenters. The molecule has 2 aromatic rings. The van der Waals surface area contributed by atoms with Crippen molar-refractivity contribution in [2.45, 2.75) is 0 Å². The number of anilines is 1. The molecule has 2 rings (SSSR count). The predicted molar refractivity (Wildman–Crippen MR) is 104 cm³/mol. The predicted octanol–water partition coefficient (Wildman–Crippen LogP) is 2.95. The van der Waals surface area contributed by atoms with Gasteiger partial charge in [0.2, 0.25) is 0 Å². The van der Waals surface area contributed by atoms with Gasteiger partial charge in [0.05, 0.1) is 25.9 Å². The van der Waals surface area contributed by atoms with Crippen molar-refractivity contribution in [3.63, 3.8) is 0 Å². The average molecular weight is 381 g/mol. The maximum absolute atomic E-state index is 11.8. The number of esters is 2. The first-order valence-corrected chi connectivity index (χ1v) is 8.20. The standard InChI is InChI=1S/C21H19NO6/c1-27-19(23)13-18(21(26)28-2)22-16-10-8-14(9-11-16)12-17(20(24)25)15-6-4-3-5-7-15/h3-13,22H,1-2H3,(H,24,25)/b17-12?,18-13+. The third-order valence-electron chi connectivity index (χ3n) is 3.68. The fourth-order valence-corrected chi connectivity index (χ4v) is 2.30. The van der Waals surface area contributed by atoms with Crippen LogP contribution in [-0.4, -0.2) is 37.2 Å². The van der Waals surface area contributed by atoms with Gasteiger partial charge < -0.3 is 19.9 Å². The Bertz CT molecular complexity index is 914. The average Bonchev–Trinajstić information content (AvgIpc) is 2.72. The molecule has 0 fully saturated rings. The zero-order valence-electron chi connectivity index (χ0n) is 15.3. The molecule has 0 bridgehead atoms. The molecule has 0 saturated heterocycles.